The predicted molar refractivity (Wildman–Crippen MR) is 93.6 cm³/mol. The molecule has 1 N–H and O–H groups in total. The van der Waals surface area contributed by atoms with Crippen molar-refractivity contribution in [3.05, 3.63) is 69.8 Å². The molecule has 1 aromatic heterocycles. The minimum absolute atomic E-state index is 0.267. The second-order valence-corrected chi connectivity index (χ2v) is 6.01. The summed E-state index contributed by atoms with van der Waals surface area (Å²) in [5.74, 6) is 0.267. The van der Waals surface area contributed by atoms with Gasteiger partial charge in [-0.2, -0.15) is 5.26 Å². The van der Waals surface area contributed by atoms with Crippen LogP contribution in [0.4, 0.5) is 5.69 Å². The van der Waals surface area contributed by atoms with Gasteiger partial charge < -0.3 is 5.11 Å². The fourth-order valence-corrected chi connectivity index (χ4v) is 2.74. The van der Waals surface area contributed by atoms with Gasteiger partial charge in [-0.15, -0.1) is 10.2 Å². The second kappa shape index (κ2) is 6.66. The van der Waals surface area contributed by atoms with Gasteiger partial charge in [0.1, 0.15) is 18.4 Å². The summed E-state index contributed by atoms with van der Waals surface area (Å²) >= 11 is 2.10. The Kier molecular flexibility index (Phi) is 4.43. The molecule has 23 heavy (non-hydrogen) atoms. The second-order valence-electron chi connectivity index (χ2n) is 4.84. The molecule has 0 aliphatic carbocycles. The minimum atomic E-state index is 0.267. The van der Waals surface area contributed by atoms with Crippen molar-refractivity contribution in [2.75, 3.05) is 5.01 Å². The van der Waals surface area contributed by atoms with E-state index in [1.807, 2.05) is 29.3 Å². The van der Waals surface area contributed by atoms with Crippen molar-refractivity contribution in [1.82, 2.24) is 14.9 Å². The number of nitrogens with zero attached hydrogens (tertiary/aromatic N) is 5. The lowest BCUT2D eigenvalue weighted by molar-refractivity contribution is 0.471. The van der Waals surface area contributed by atoms with Gasteiger partial charge in [-0.1, -0.05) is 6.07 Å². The number of hydrogen-bond acceptors (Lipinski definition) is 5. The molecular formula is C16H12IN5O. The molecule has 3 rings (SSSR count). The molecule has 0 saturated carbocycles. The quantitative estimate of drug-likeness (QED) is 0.661. The third kappa shape index (κ3) is 3.43. The summed E-state index contributed by atoms with van der Waals surface area (Å²) in [6.45, 7) is 0.570. The van der Waals surface area contributed by atoms with Gasteiger partial charge in [0, 0.05) is 0 Å². The van der Waals surface area contributed by atoms with Crippen molar-refractivity contribution < 1.29 is 5.11 Å². The van der Waals surface area contributed by atoms with E-state index in [-0.39, 0.29) is 5.75 Å². The Morgan fingerprint density at radius 2 is 1.83 bits per heavy atom. The van der Waals surface area contributed by atoms with Crippen molar-refractivity contribution >= 4 is 28.3 Å². The normalized spacial score (nSPS) is 10.3. The monoisotopic (exact) mass is 417 g/mol. The van der Waals surface area contributed by atoms with E-state index >= 15 is 0 Å². The van der Waals surface area contributed by atoms with Crippen molar-refractivity contribution in [2.24, 2.45) is 0 Å². The first-order valence-electron chi connectivity index (χ1n) is 6.77. The number of rotatable bonds is 4. The number of halogens is 1. The maximum Gasteiger partial charge on any atom is 0.139 e. The number of aromatic nitrogens is 3. The van der Waals surface area contributed by atoms with E-state index in [9.17, 15) is 5.11 Å². The van der Waals surface area contributed by atoms with E-state index in [1.165, 1.54) is 0 Å². The summed E-state index contributed by atoms with van der Waals surface area (Å²) in [5, 5.41) is 28.3. The number of nitriles is 1. The lowest BCUT2D eigenvalue weighted by Gasteiger charge is -2.25. The number of anilines is 1. The highest BCUT2D eigenvalue weighted by Gasteiger charge is 2.11. The van der Waals surface area contributed by atoms with E-state index in [1.54, 1.807) is 35.5 Å². The van der Waals surface area contributed by atoms with E-state index in [2.05, 4.69) is 38.9 Å². The van der Waals surface area contributed by atoms with E-state index in [4.69, 9.17) is 5.26 Å². The first kappa shape index (κ1) is 15.3. The van der Waals surface area contributed by atoms with Gasteiger partial charge in [-0.05, 0) is 64.6 Å². The van der Waals surface area contributed by atoms with Crippen LogP contribution in [0.2, 0.25) is 0 Å². The van der Waals surface area contributed by atoms with E-state index < -0.39 is 0 Å². The molecule has 114 valence electrons. The molecule has 0 saturated heterocycles. The molecule has 0 aliphatic heterocycles. The first-order valence-corrected chi connectivity index (χ1v) is 7.85. The largest absolute Gasteiger partial charge is 0.507 e. The highest BCUT2D eigenvalue weighted by atomic mass is 127. The lowest BCUT2D eigenvalue weighted by Crippen LogP contribution is -2.27. The maximum absolute atomic E-state index is 9.66. The Balaban J connectivity index is 1.95. The molecule has 3 aromatic rings. The molecule has 6 nitrogen and oxygen atoms in total. The summed E-state index contributed by atoms with van der Waals surface area (Å²) in [7, 11) is 0. The van der Waals surface area contributed by atoms with Gasteiger partial charge in [0.25, 0.3) is 0 Å². The summed E-state index contributed by atoms with van der Waals surface area (Å²) in [4.78, 5) is 0. The third-order valence-electron chi connectivity index (χ3n) is 3.32. The third-order valence-corrected chi connectivity index (χ3v) is 4.19. The van der Waals surface area contributed by atoms with Crippen LogP contribution < -0.4 is 5.01 Å². The molecule has 0 unspecified atom stereocenters. The van der Waals surface area contributed by atoms with Crippen LogP contribution in [0.15, 0.2) is 55.1 Å². The Hall–Kier alpha value is -2.60. The average molecular weight is 417 g/mol. The van der Waals surface area contributed by atoms with Gasteiger partial charge in [-0.3, -0.25) is 5.01 Å². The van der Waals surface area contributed by atoms with Crippen LogP contribution in [0.3, 0.4) is 0 Å². The number of phenols is 1. The van der Waals surface area contributed by atoms with Crippen molar-refractivity contribution in [3.8, 4) is 11.8 Å². The molecule has 0 spiro atoms. The molecule has 0 atom stereocenters. The lowest BCUT2D eigenvalue weighted by atomic mass is 10.2. The smallest absolute Gasteiger partial charge is 0.139 e. The minimum Gasteiger partial charge on any atom is -0.507 e. The Bertz CT molecular complexity index is 840. The SMILES string of the molecule is N#Cc1ccc(N(Cc2ccc(O)c(I)c2)n2cnnc2)cc1. The zero-order chi connectivity index (χ0) is 16.2. The van der Waals surface area contributed by atoms with Gasteiger partial charge in [0.2, 0.25) is 0 Å². The number of hydrogen-bond donors (Lipinski definition) is 1. The maximum atomic E-state index is 9.66. The molecule has 7 heteroatoms. The van der Waals surface area contributed by atoms with E-state index in [0.717, 1.165) is 14.8 Å². The van der Waals surface area contributed by atoms with Gasteiger partial charge in [0.15, 0.2) is 0 Å². The Morgan fingerprint density at radius 1 is 1.13 bits per heavy atom. The molecule has 1 heterocycles. The predicted octanol–water partition coefficient (Wildman–Crippen LogP) is 2.93. The van der Waals surface area contributed by atoms with Crippen LogP contribution in [0, 0.1) is 14.9 Å². The fourth-order valence-electron chi connectivity index (χ4n) is 2.16. The zero-order valence-corrected chi connectivity index (χ0v) is 14.1. The molecule has 0 aliphatic rings. The van der Waals surface area contributed by atoms with Crippen LogP contribution >= 0.6 is 22.6 Å². The van der Waals surface area contributed by atoms with Crippen molar-refractivity contribution in [3.63, 3.8) is 0 Å². The summed E-state index contributed by atoms with van der Waals surface area (Å²) in [5.41, 5.74) is 2.55. The Morgan fingerprint density at radius 3 is 2.43 bits per heavy atom. The van der Waals surface area contributed by atoms with Crippen LogP contribution in [-0.4, -0.2) is 20.0 Å². The zero-order valence-electron chi connectivity index (χ0n) is 12.0. The van der Waals surface area contributed by atoms with Crippen LogP contribution in [0.25, 0.3) is 0 Å². The van der Waals surface area contributed by atoms with Gasteiger partial charge in [-0.25, -0.2) is 4.68 Å². The van der Waals surface area contributed by atoms with Crippen LogP contribution in [-0.2, 0) is 6.54 Å². The number of benzene rings is 2. The number of aromatic hydroxyl groups is 1. The standard InChI is InChI=1S/C16H12IN5O/c17-15-7-13(3-6-16(15)23)9-22(21-10-19-20-11-21)14-4-1-12(8-18)2-5-14/h1-7,10-11,23H,9H2. The number of phenolic OH excluding ortho intramolecular Hbond substituents is 1. The van der Waals surface area contributed by atoms with Gasteiger partial charge in [0.05, 0.1) is 27.4 Å². The molecule has 0 fully saturated rings. The Labute approximate surface area is 146 Å². The first-order chi connectivity index (χ1) is 11.2. The molecule has 2 aromatic carbocycles. The summed E-state index contributed by atoms with van der Waals surface area (Å²) < 4.78 is 2.57. The molecule has 0 amide bonds. The molecule has 0 radical (unpaired) electrons. The summed E-state index contributed by atoms with van der Waals surface area (Å²) in [6, 6.07) is 14.9. The van der Waals surface area contributed by atoms with Gasteiger partial charge >= 0.3 is 0 Å². The highest BCUT2D eigenvalue weighted by Crippen LogP contribution is 2.23. The molecular weight excluding hydrogens is 405 g/mol. The van der Waals surface area contributed by atoms with Crippen molar-refractivity contribution in [2.45, 2.75) is 6.54 Å². The highest BCUT2D eigenvalue weighted by molar-refractivity contribution is 14.1. The van der Waals surface area contributed by atoms with Crippen LogP contribution in [0.1, 0.15) is 11.1 Å². The fraction of sp³-hybridized carbons (Fsp3) is 0.0625. The average Bonchev–Trinajstić information content (AvgIpc) is 3.10. The topological polar surface area (TPSA) is 78.0 Å². The molecule has 0 bridgehead atoms. The van der Waals surface area contributed by atoms with Crippen LogP contribution in [0.5, 0.6) is 5.75 Å². The van der Waals surface area contributed by atoms with Crippen molar-refractivity contribution in [1.29, 1.82) is 5.26 Å². The van der Waals surface area contributed by atoms with E-state index in [0.29, 0.717) is 12.1 Å². The summed E-state index contributed by atoms with van der Waals surface area (Å²) in [6.07, 6.45) is 3.23.